The molecule has 0 aliphatic heterocycles. The lowest BCUT2D eigenvalue weighted by Crippen LogP contribution is -2.54. The van der Waals surface area contributed by atoms with Gasteiger partial charge in [-0.05, 0) is 25.2 Å². The third kappa shape index (κ3) is 5.01. The predicted molar refractivity (Wildman–Crippen MR) is 65.9 cm³/mol. The number of hydrogen-bond donors (Lipinski definition) is 2. The molecular formula is C13H22F3NO2. The normalized spacial score (nSPS) is 28.9. The number of aliphatic carboxylic acids is 1. The third-order valence-electron chi connectivity index (χ3n) is 3.93. The summed E-state index contributed by atoms with van der Waals surface area (Å²) in [5, 5.41) is 11.5. The summed E-state index contributed by atoms with van der Waals surface area (Å²) in [6, 6.07) is 0. The summed E-state index contributed by atoms with van der Waals surface area (Å²) >= 11 is 0. The van der Waals surface area contributed by atoms with Crippen LogP contribution in [0.15, 0.2) is 0 Å². The smallest absolute Gasteiger partial charge is 0.401 e. The minimum absolute atomic E-state index is 0.276. The molecule has 0 amide bonds. The number of carboxylic acids is 1. The van der Waals surface area contributed by atoms with E-state index in [0.717, 1.165) is 19.3 Å². The van der Waals surface area contributed by atoms with Gasteiger partial charge < -0.3 is 5.11 Å². The van der Waals surface area contributed by atoms with Crippen molar-refractivity contribution in [1.82, 2.24) is 5.32 Å². The Morgan fingerprint density at radius 2 is 2.05 bits per heavy atom. The van der Waals surface area contributed by atoms with Crippen LogP contribution in [-0.4, -0.2) is 29.3 Å². The summed E-state index contributed by atoms with van der Waals surface area (Å²) in [6.07, 6.45) is 0.498. The van der Waals surface area contributed by atoms with Crippen LogP contribution in [0.25, 0.3) is 0 Å². The van der Waals surface area contributed by atoms with Gasteiger partial charge in [0, 0.05) is 0 Å². The minimum atomic E-state index is -4.38. The molecule has 0 aromatic heterocycles. The summed E-state index contributed by atoms with van der Waals surface area (Å²) in [5.41, 5.74) is -1.40. The van der Waals surface area contributed by atoms with Crippen molar-refractivity contribution < 1.29 is 23.1 Å². The fourth-order valence-electron chi connectivity index (χ4n) is 2.84. The molecule has 1 fully saturated rings. The quantitative estimate of drug-likeness (QED) is 0.760. The van der Waals surface area contributed by atoms with Gasteiger partial charge in [-0.25, -0.2) is 0 Å². The van der Waals surface area contributed by atoms with Crippen LogP contribution in [0.5, 0.6) is 0 Å². The maximum atomic E-state index is 12.3. The van der Waals surface area contributed by atoms with E-state index in [1.54, 1.807) is 0 Å². The average molecular weight is 281 g/mol. The summed E-state index contributed by atoms with van der Waals surface area (Å²) in [5.74, 6) is -0.715. The Balaban J connectivity index is 2.69. The Morgan fingerprint density at radius 1 is 1.37 bits per heavy atom. The average Bonchev–Trinajstić information content (AvgIpc) is 2.50. The third-order valence-corrected chi connectivity index (χ3v) is 3.93. The number of carbonyl (C=O) groups is 1. The molecule has 1 aliphatic rings. The Morgan fingerprint density at radius 3 is 2.58 bits per heavy atom. The molecule has 0 radical (unpaired) electrons. The van der Waals surface area contributed by atoms with Crippen molar-refractivity contribution in [1.29, 1.82) is 0 Å². The molecule has 0 heterocycles. The number of hydrogen-bond acceptors (Lipinski definition) is 2. The van der Waals surface area contributed by atoms with Gasteiger partial charge in [-0.15, -0.1) is 0 Å². The molecule has 0 saturated heterocycles. The van der Waals surface area contributed by atoms with Crippen molar-refractivity contribution >= 4 is 5.97 Å². The predicted octanol–water partition coefficient (Wildman–Crippen LogP) is 3.34. The van der Waals surface area contributed by atoms with Gasteiger partial charge >= 0.3 is 12.1 Å². The van der Waals surface area contributed by atoms with Crippen LogP contribution in [0.2, 0.25) is 0 Å². The molecule has 6 heteroatoms. The number of rotatable bonds is 5. The summed E-state index contributed by atoms with van der Waals surface area (Å²) in [6.45, 7) is 0.828. The van der Waals surface area contributed by atoms with Gasteiger partial charge in [-0.2, -0.15) is 13.2 Å². The monoisotopic (exact) mass is 281 g/mol. The lowest BCUT2D eigenvalue weighted by molar-refractivity contribution is -0.151. The first-order valence-electron chi connectivity index (χ1n) is 6.84. The van der Waals surface area contributed by atoms with Gasteiger partial charge in [0.1, 0.15) is 5.54 Å². The van der Waals surface area contributed by atoms with Gasteiger partial charge in [0.25, 0.3) is 0 Å². The second-order valence-corrected chi connectivity index (χ2v) is 5.44. The number of halogens is 3. The molecule has 19 heavy (non-hydrogen) atoms. The Hall–Kier alpha value is -0.780. The zero-order valence-corrected chi connectivity index (χ0v) is 11.2. The fraction of sp³-hybridized carbons (Fsp3) is 0.923. The molecule has 3 nitrogen and oxygen atoms in total. The highest BCUT2D eigenvalue weighted by atomic mass is 19.4. The topological polar surface area (TPSA) is 49.3 Å². The number of alkyl halides is 3. The molecule has 0 aromatic rings. The Bertz CT molecular complexity index is 307. The van der Waals surface area contributed by atoms with Gasteiger partial charge in [0.15, 0.2) is 0 Å². The lowest BCUT2D eigenvalue weighted by atomic mass is 9.89. The van der Waals surface area contributed by atoms with Crippen molar-refractivity contribution in [3.05, 3.63) is 0 Å². The molecule has 1 saturated carbocycles. The van der Waals surface area contributed by atoms with E-state index in [1.807, 2.05) is 0 Å². The number of carboxylic acid groups (broad SMARTS) is 1. The Labute approximate surface area is 111 Å². The largest absolute Gasteiger partial charge is 0.480 e. The van der Waals surface area contributed by atoms with Crippen LogP contribution in [0.1, 0.15) is 51.9 Å². The van der Waals surface area contributed by atoms with Crippen LogP contribution in [0.3, 0.4) is 0 Å². The van der Waals surface area contributed by atoms with Crippen molar-refractivity contribution in [2.24, 2.45) is 5.92 Å². The van der Waals surface area contributed by atoms with Crippen LogP contribution in [0, 0.1) is 5.92 Å². The van der Waals surface area contributed by atoms with Gasteiger partial charge in [-0.1, -0.05) is 32.6 Å². The van der Waals surface area contributed by atoms with Crippen LogP contribution < -0.4 is 5.32 Å². The molecule has 0 spiro atoms. The molecule has 2 unspecified atom stereocenters. The van der Waals surface area contributed by atoms with E-state index in [0.29, 0.717) is 18.8 Å². The van der Waals surface area contributed by atoms with E-state index in [9.17, 15) is 23.1 Å². The van der Waals surface area contributed by atoms with Crippen molar-refractivity contribution in [3.8, 4) is 0 Å². The van der Waals surface area contributed by atoms with E-state index in [2.05, 4.69) is 12.2 Å². The first-order chi connectivity index (χ1) is 8.79. The Kier molecular flexibility index (Phi) is 5.64. The van der Waals surface area contributed by atoms with E-state index in [1.165, 1.54) is 0 Å². The van der Waals surface area contributed by atoms with Crippen LogP contribution >= 0.6 is 0 Å². The summed E-state index contributed by atoms with van der Waals surface area (Å²) in [4.78, 5) is 11.4. The zero-order chi connectivity index (χ0) is 14.5. The zero-order valence-electron chi connectivity index (χ0n) is 11.2. The molecule has 0 aromatic carbocycles. The first-order valence-corrected chi connectivity index (χ1v) is 6.84. The molecule has 112 valence electrons. The fourth-order valence-corrected chi connectivity index (χ4v) is 2.84. The maximum Gasteiger partial charge on any atom is 0.401 e. The molecule has 1 rings (SSSR count). The summed E-state index contributed by atoms with van der Waals surface area (Å²) in [7, 11) is 0. The highest BCUT2D eigenvalue weighted by molar-refractivity contribution is 5.78. The molecular weight excluding hydrogens is 259 g/mol. The SMILES string of the molecule is CCCC1CCCC(NCC(F)(F)F)(C(=O)O)CC1. The highest BCUT2D eigenvalue weighted by Crippen LogP contribution is 2.33. The van der Waals surface area contributed by atoms with Crippen molar-refractivity contribution in [3.63, 3.8) is 0 Å². The second-order valence-electron chi connectivity index (χ2n) is 5.44. The lowest BCUT2D eigenvalue weighted by Gasteiger charge is -2.30. The van der Waals surface area contributed by atoms with Gasteiger partial charge in [0.2, 0.25) is 0 Å². The van der Waals surface area contributed by atoms with Gasteiger partial charge in [-0.3, -0.25) is 10.1 Å². The van der Waals surface area contributed by atoms with Gasteiger partial charge in [0.05, 0.1) is 6.54 Å². The van der Waals surface area contributed by atoms with E-state index in [4.69, 9.17) is 0 Å². The maximum absolute atomic E-state index is 12.3. The first kappa shape index (κ1) is 16.3. The van der Waals surface area contributed by atoms with E-state index in [-0.39, 0.29) is 12.8 Å². The summed E-state index contributed by atoms with van der Waals surface area (Å²) < 4.78 is 36.9. The van der Waals surface area contributed by atoms with Crippen molar-refractivity contribution in [2.45, 2.75) is 63.6 Å². The molecule has 1 aliphatic carbocycles. The molecule has 2 atom stereocenters. The van der Waals surface area contributed by atoms with Crippen molar-refractivity contribution in [2.75, 3.05) is 6.54 Å². The second kappa shape index (κ2) is 6.59. The van der Waals surface area contributed by atoms with E-state index >= 15 is 0 Å². The molecule has 2 N–H and O–H groups in total. The van der Waals surface area contributed by atoms with Crippen LogP contribution in [0.4, 0.5) is 13.2 Å². The highest BCUT2D eigenvalue weighted by Gasteiger charge is 2.42. The van der Waals surface area contributed by atoms with Crippen LogP contribution in [-0.2, 0) is 4.79 Å². The standard InChI is InChI=1S/C13H22F3NO2/c1-2-4-10-5-3-7-12(8-6-10,11(18)19)17-9-13(14,15)16/h10,17H,2-9H2,1H3,(H,18,19). The molecule has 0 bridgehead atoms. The van der Waals surface area contributed by atoms with E-state index < -0.39 is 24.2 Å². The number of nitrogens with one attached hydrogen (secondary N) is 1. The minimum Gasteiger partial charge on any atom is -0.480 e.